The largest absolute Gasteiger partial charge is 0.481 e. The maximum Gasteiger partial charge on any atom is 0.307 e. The Morgan fingerprint density at radius 1 is 1.26 bits per heavy atom. The van der Waals surface area contributed by atoms with Crippen molar-refractivity contribution in [3.63, 3.8) is 0 Å². The summed E-state index contributed by atoms with van der Waals surface area (Å²) in [6, 6.07) is 0. The third-order valence-corrected chi connectivity index (χ3v) is 6.80. The number of carbonyl (C=O) groups is 3. The molecule has 0 radical (unpaired) electrons. The summed E-state index contributed by atoms with van der Waals surface area (Å²) in [5.74, 6) is -2.63. The van der Waals surface area contributed by atoms with Gasteiger partial charge < -0.3 is 16.2 Å². The van der Waals surface area contributed by atoms with Gasteiger partial charge in [0.1, 0.15) is 5.00 Å². The van der Waals surface area contributed by atoms with Crippen LogP contribution >= 0.6 is 11.3 Å². The Balaban J connectivity index is 1.84. The van der Waals surface area contributed by atoms with Crippen molar-refractivity contribution >= 4 is 34.1 Å². The smallest absolute Gasteiger partial charge is 0.307 e. The van der Waals surface area contributed by atoms with Crippen LogP contribution < -0.4 is 11.1 Å². The quantitative estimate of drug-likeness (QED) is 0.647. The summed E-state index contributed by atoms with van der Waals surface area (Å²) in [4.78, 5) is 37.4. The van der Waals surface area contributed by atoms with E-state index < -0.39 is 23.7 Å². The van der Waals surface area contributed by atoms with E-state index in [9.17, 15) is 19.5 Å². The summed E-state index contributed by atoms with van der Waals surface area (Å²) < 4.78 is 0. The molecule has 2 aliphatic rings. The molecule has 7 heteroatoms. The van der Waals surface area contributed by atoms with Crippen molar-refractivity contribution in [1.82, 2.24) is 0 Å². The highest BCUT2D eigenvalue weighted by molar-refractivity contribution is 7.17. The lowest BCUT2D eigenvalue weighted by Gasteiger charge is -2.24. The standard InChI is InChI=1S/C20H26N2O4S/c1-2-5-11-8-9-14-15(10-11)27-19(16(14)17(21)23)22-18(24)12-6-3-4-7-13(12)20(25)26/h3-4,11-13H,2,5-10H2,1H3,(H2,21,23)(H,22,24)(H,25,26)/t11-,12-,13-/m1/s1. The van der Waals surface area contributed by atoms with Gasteiger partial charge in [0.2, 0.25) is 5.91 Å². The predicted octanol–water partition coefficient (Wildman–Crippen LogP) is 3.36. The molecule has 3 rings (SSSR count). The molecule has 0 aromatic carbocycles. The Labute approximate surface area is 162 Å². The SMILES string of the molecule is CCC[C@@H]1CCc2c(sc(NC(=O)[C@@H]3CC=CC[C@H]3C(=O)O)c2C(N)=O)C1. The second-order valence-corrected chi connectivity index (χ2v) is 8.56. The third kappa shape index (κ3) is 4.08. The monoisotopic (exact) mass is 390 g/mol. The summed E-state index contributed by atoms with van der Waals surface area (Å²) in [6.45, 7) is 2.17. The Hall–Kier alpha value is -2.15. The molecule has 0 bridgehead atoms. The number of primary amides is 1. The van der Waals surface area contributed by atoms with E-state index >= 15 is 0 Å². The first-order valence-corrected chi connectivity index (χ1v) is 10.4. The number of carbonyl (C=O) groups excluding carboxylic acids is 2. The third-order valence-electron chi connectivity index (χ3n) is 5.63. The Kier molecular flexibility index (Phi) is 5.99. The summed E-state index contributed by atoms with van der Waals surface area (Å²) in [6.07, 6.45) is 9.39. The maximum absolute atomic E-state index is 12.8. The van der Waals surface area contributed by atoms with Gasteiger partial charge in [0.15, 0.2) is 0 Å². The normalized spacial score (nSPS) is 24.3. The van der Waals surface area contributed by atoms with Crippen LogP contribution in [-0.2, 0) is 22.4 Å². The molecular weight excluding hydrogens is 364 g/mol. The predicted molar refractivity (Wildman–Crippen MR) is 105 cm³/mol. The number of allylic oxidation sites excluding steroid dienone is 2. The number of hydrogen-bond donors (Lipinski definition) is 3. The molecular formula is C20H26N2O4S. The lowest BCUT2D eigenvalue weighted by molar-refractivity contribution is -0.146. The Morgan fingerprint density at radius 2 is 1.96 bits per heavy atom. The van der Waals surface area contributed by atoms with Crippen LogP contribution in [-0.4, -0.2) is 22.9 Å². The average Bonchev–Trinajstić information content (AvgIpc) is 2.99. The molecule has 0 saturated carbocycles. The van der Waals surface area contributed by atoms with E-state index in [2.05, 4.69) is 12.2 Å². The molecule has 1 aromatic heterocycles. The first-order chi connectivity index (χ1) is 12.9. The van der Waals surface area contributed by atoms with Crippen LogP contribution in [0.5, 0.6) is 0 Å². The number of amides is 2. The summed E-state index contributed by atoms with van der Waals surface area (Å²) in [7, 11) is 0. The zero-order valence-corrected chi connectivity index (χ0v) is 16.3. The molecule has 3 atom stereocenters. The fourth-order valence-electron chi connectivity index (χ4n) is 4.24. The van der Waals surface area contributed by atoms with Crippen LogP contribution in [0.1, 0.15) is 59.8 Å². The Bertz CT molecular complexity index is 783. The molecule has 6 nitrogen and oxygen atoms in total. The van der Waals surface area contributed by atoms with Gasteiger partial charge >= 0.3 is 5.97 Å². The molecule has 146 valence electrons. The highest BCUT2D eigenvalue weighted by atomic mass is 32.1. The number of anilines is 1. The van der Waals surface area contributed by atoms with Gasteiger partial charge in [-0.3, -0.25) is 14.4 Å². The van der Waals surface area contributed by atoms with E-state index in [0.717, 1.165) is 42.5 Å². The molecule has 27 heavy (non-hydrogen) atoms. The lowest BCUT2D eigenvalue weighted by atomic mass is 9.82. The second kappa shape index (κ2) is 8.25. The molecule has 0 aliphatic heterocycles. The van der Waals surface area contributed by atoms with Crippen LogP contribution in [0.4, 0.5) is 5.00 Å². The van der Waals surface area contributed by atoms with Gasteiger partial charge in [-0.2, -0.15) is 0 Å². The molecule has 0 spiro atoms. The minimum atomic E-state index is -0.970. The lowest BCUT2D eigenvalue weighted by Crippen LogP contribution is -2.35. The van der Waals surface area contributed by atoms with Crippen molar-refractivity contribution in [3.05, 3.63) is 28.2 Å². The van der Waals surface area contributed by atoms with Crippen LogP contribution in [0.25, 0.3) is 0 Å². The number of carboxylic acid groups (broad SMARTS) is 1. The molecule has 1 aromatic rings. The summed E-state index contributed by atoms with van der Waals surface area (Å²) in [5.41, 5.74) is 7.00. The number of thiophene rings is 1. The number of fused-ring (bicyclic) bond motifs is 1. The van der Waals surface area contributed by atoms with E-state index in [4.69, 9.17) is 5.73 Å². The van der Waals surface area contributed by atoms with Crippen molar-refractivity contribution < 1.29 is 19.5 Å². The summed E-state index contributed by atoms with van der Waals surface area (Å²) >= 11 is 1.42. The van der Waals surface area contributed by atoms with Gasteiger partial charge in [-0.1, -0.05) is 31.9 Å². The molecule has 1 heterocycles. The van der Waals surface area contributed by atoms with Crippen LogP contribution in [0, 0.1) is 17.8 Å². The average molecular weight is 391 g/mol. The minimum Gasteiger partial charge on any atom is -0.481 e. The highest BCUT2D eigenvalue weighted by Crippen LogP contribution is 2.41. The van der Waals surface area contributed by atoms with Crippen LogP contribution in [0.2, 0.25) is 0 Å². The van der Waals surface area contributed by atoms with Crippen molar-refractivity contribution in [3.8, 4) is 0 Å². The van der Waals surface area contributed by atoms with E-state index in [0.29, 0.717) is 29.3 Å². The number of nitrogens with two attached hydrogens (primary N) is 1. The van der Waals surface area contributed by atoms with Gasteiger partial charge in [-0.15, -0.1) is 11.3 Å². The number of carboxylic acids is 1. The molecule has 2 aliphatic carbocycles. The number of nitrogens with one attached hydrogen (secondary N) is 1. The topological polar surface area (TPSA) is 109 Å². The number of aliphatic carboxylic acids is 1. The number of rotatable bonds is 6. The molecule has 0 unspecified atom stereocenters. The highest BCUT2D eigenvalue weighted by Gasteiger charge is 2.35. The van der Waals surface area contributed by atoms with Crippen molar-refractivity contribution in [2.75, 3.05) is 5.32 Å². The number of hydrogen-bond acceptors (Lipinski definition) is 4. The van der Waals surface area contributed by atoms with Gasteiger partial charge in [-0.05, 0) is 43.6 Å². The van der Waals surface area contributed by atoms with Gasteiger partial charge in [0, 0.05) is 4.88 Å². The zero-order valence-electron chi connectivity index (χ0n) is 15.5. The van der Waals surface area contributed by atoms with E-state index in [1.54, 1.807) is 6.08 Å². The first kappa shape index (κ1) is 19.6. The van der Waals surface area contributed by atoms with Gasteiger partial charge in [0.05, 0.1) is 17.4 Å². The molecule has 4 N–H and O–H groups in total. The van der Waals surface area contributed by atoms with Crippen molar-refractivity contribution in [2.45, 2.75) is 51.9 Å². The fraction of sp³-hybridized carbons (Fsp3) is 0.550. The van der Waals surface area contributed by atoms with Gasteiger partial charge in [0.25, 0.3) is 5.91 Å². The van der Waals surface area contributed by atoms with E-state index in [1.165, 1.54) is 11.3 Å². The second-order valence-electron chi connectivity index (χ2n) is 7.45. The van der Waals surface area contributed by atoms with Gasteiger partial charge in [-0.25, -0.2) is 0 Å². The maximum atomic E-state index is 12.8. The minimum absolute atomic E-state index is 0.343. The fourth-order valence-corrected chi connectivity index (χ4v) is 5.61. The van der Waals surface area contributed by atoms with E-state index in [-0.39, 0.29) is 5.91 Å². The molecule has 0 fully saturated rings. The molecule has 2 amide bonds. The van der Waals surface area contributed by atoms with Crippen molar-refractivity contribution in [2.24, 2.45) is 23.5 Å². The molecule has 0 saturated heterocycles. The zero-order chi connectivity index (χ0) is 19.6. The Morgan fingerprint density at radius 3 is 2.59 bits per heavy atom. The van der Waals surface area contributed by atoms with Crippen LogP contribution in [0.3, 0.4) is 0 Å². The van der Waals surface area contributed by atoms with Crippen molar-refractivity contribution in [1.29, 1.82) is 0 Å². The van der Waals surface area contributed by atoms with E-state index in [1.807, 2.05) is 6.08 Å². The first-order valence-electron chi connectivity index (χ1n) is 9.55. The van der Waals surface area contributed by atoms with Crippen LogP contribution in [0.15, 0.2) is 12.2 Å². The summed E-state index contributed by atoms with van der Waals surface area (Å²) in [5, 5.41) is 12.7.